The predicted octanol–water partition coefficient (Wildman–Crippen LogP) is 0.222. The van der Waals surface area contributed by atoms with Crippen molar-refractivity contribution in [3.05, 3.63) is 5.82 Å². The van der Waals surface area contributed by atoms with Crippen molar-refractivity contribution in [1.29, 1.82) is 0 Å². The molecule has 1 N–H and O–H groups in total. The number of guanidine groups is 1. The zero-order valence-electron chi connectivity index (χ0n) is 16.3. The number of nitrogens with zero attached hydrogens (tertiary/aromatic N) is 6. The Bertz CT molecular complexity index is 757. The van der Waals surface area contributed by atoms with E-state index in [-0.39, 0.29) is 6.04 Å². The molecule has 2 aliphatic heterocycles. The molecule has 0 aromatic carbocycles. The fraction of sp³-hybridized carbons (Fsp3) is 0.812. The third kappa shape index (κ3) is 4.88. The van der Waals surface area contributed by atoms with Gasteiger partial charge in [0.2, 0.25) is 15.2 Å². The molecule has 0 bridgehead atoms. The molecule has 0 radical (unpaired) electrons. The molecular formula is C16H29N7O2S2. The Morgan fingerprint density at radius 2 is 2.04 bits per heavy atom. The van der Waals surface area contributed by atoms with E-state index in [0.29, 0.717) is 13.1 Å². The summed E-state index contributed by atoms with van der Waals surface area (Å²) in [6.07, 6.45) is 3.95. The van der Waals surface area contributed by atoms with Crippen LogP contribution in [0.1, 0.15) is 25.6 Å². The number of hydrogen-bond acceptors (Lipinski definition) is 7. The summed E-state index contributed by atoms with van der Waals surface area (Å²) in [6.45, 7) is 6.72. The van der Waals surface area contributed by atoms with Crippen LogP contribution in [0.15, 0.2) is 4.99 Å². The number of aliphatic imine (C=N–C) groups is 1. The van der Waals surface area contributed by atoms with Gasteiger partial charge in [0.25, 0.3) is 0 Å². The lowest BCUT2D eigenvalue weighted by Crippen LogP contribution is -2.54. The monoisotopic (exact) mass is 415 g/mol. The van der Waals surface area contributed by atoms with Crippen LogP contribution in [-0.4, -0.2) is 91.6 Å². The van der Waals surface area contributed by atoms with Gasteiger partial charge in [0, 0.05) is 70.3 Å². The number of anilines is 1. The fourth-order valence-electron chi connectivity index (χ4n) is 3.62. The van der Waals surface area contributed by atoms with Crippen LogP contribution in [0.5, 0.6) is 0 Å². The predicted molar refractivity (Wildman–Crippen MR) is 109 cm³/mol. The molecule has 1 atom stereocenters. The Kier molecular flexibility index (Phi) is 6.53. The summed E-state index contributed by atoms with van der Waals surface area (Å²) >= 11 is 1.46. The molecule has 1 aromatic heterocycles. The first kappa shape index (κ1) is 20.3. The third-order valence-corrected chi connectivity index (χ3v) is 7.23. The number of nitrogens with one attached hydrogen (secondary N) is 1. The largest absolute Gasteiger partial charge is 0.355 e. The minimum atomic E-state index is -3.15. The molecule has 0 unspecified atom stereocenters. The Morgan fingerprint density at radius 1 is 1.30 bits per heavy atom. The van der Waals surface area contributed by atoms with Gasteiger partial charge >= 0.3 is 0 Å². The Hall–Kier alpha value is -1.46. The van der Waals surface area contributed by atoms with Crippen LogP contribution in [-0.2, 0) is 16.4 Å². The van der Waals surface area contributed by atoms with Gasteiger partial charge in [-0.25, -0.2) is 13.4 Å². The quantitative estimate of drug-likeness (QED) is 0.543. The van der Waals surface area contributed by atoms with Crippen LogP contribution in [0.25, 0.3) is 0 Å². The van der Waals surface area contributed by atoms with Crippen LogP contribution in [0.3, 0.4) is 0 Å². The average molecular weight is 416 g/mol. The molecule has 3 rings (SSSR count). The van der Waals surface area contributed by atoms with Crippen molar-refractivity contribution in [2.75, 3.05) is 57.5 Å². The third-order valence-electron chi connectivity index (χ3n) is 5.08. The van der Waals surface area contributed by atoms with Gasteiger partial charge in [0.05, 0.1) is 6.26 Å². The lowest BCUT2D eigenvalue weighted by atomic mass is 10.2. The molecule has 152 valence electrons. The van der Waals surface area contributed by atoms with Gasteiger partial charge in [-0.2, -0.15) is 8.68 Å². The lowest BCUT2D eigenvalue weighted by molar-refractivity contribution is 0.355. The van der Waals surface area contributed by atoms with Crippen molar-refractivity contribution in [2.24, 2.45) is 4.99 Å². The van der Waals surface area contributed by atoms with Gasteiger partial charge in [0.1, 0.15) is 5.82 Å². The van der Waals surface area contributed by atoms with Crippen LogP contribution < -0.4 is 10.2 Å². The van der Waals surface area contributed by atoms with Crippen LogP contribution in [0.4, 0.5) is 5.13 Å². The van der Waals surface area contributed by atoms with Gasteiger partial charge in [-0.15, -0.1) is 0 Å². The molecule has 9 nitrogen and oxygen atoms in total. The molecule has 1 aromatic rings. The maximum atomic E-state index is 11.9. The zero-order valence-corrected chi connectivity index (χ0v) is 17.9. The van der Waals surface area contributed by atoms with Gasteiger partial charge in [-0.3, -0.25) is 4.99 Å². The van der Waals surface area contributed by atoms with Crippen molar-refractivity contribution in [3.8, 4) is 0 Å². The molecule has 2 saturated heterocycles. The second kappa shape index (κ2) is 8.70. The molecule has 2 fully saturated rings. The summed E-state index contributed by atoms with van der Waals surface area (Å²) in [5.41, 5.74) is 0. The highest BCUT2D eigenvalue weighted by molar-refractivity contribution is 7.88. The number of sulfonamides is 1. The van der Waals surface area contributed by atoms with Gasteiger partial charge in [0.15, 0.2) is 5.96 Å². The minimum absolute atomic E-state index is 0.00639. The van der Waals surface area contributed by atoms with Gasteiger partial charge < -0.3 is 15.1 Å². The molecule has 2 aliphatic rings. The van der Waals surface area contributed by atoms with E-state index >= 15 is 0 Å². The van der Waals surface area contributed by atoms with Crippen molar-refractivity contribution < 1.29 is 8.42 Å². The first-order valence-corrected chi connectivity index (χ1v) is 12.0. The van der Waals surface area contributed by atoms with E-state index in [9.17, 15) is 8.42 Å². The smallest absolute Gasteiger partial charge is 0.211 e. The Labute approximate surface area is 165 Å². The maximum Gasteiger partial charge on any atom is 0.211 e. The maximum absolute atomic E-state index is 11.9. The molecule has 0 aliphatic carbocycles. The molecule has 11 heteroatoms. The minimum Gasteiger partial charge on any atom is -0.355 e. The average Bonchev–Trinajstić information content (AvgIpc) is 3.32. The van der Waals surface area contributed by atoms with Crippen molar-refractivity contribution >= 4 is 32.6 Å². The van der Waals surface area contributed by atoms with Crippen LogP contribution in [0, 0.1) is 0 Å². The number of rotatable bonds is 5. The summed E-state index contributed by atoms with van der Waals surface area (Å²) in [6, 6.07) is 0.00639. The highest BCUT2D eigenvalue weighted by atomic mass is 32.2. The highest BCUT2D eigenvalue weighted by Gasteiger charge is 2.31. The number of piperazine rings is 1. The van der Waals surface area contributed by atoms with Crippen molar-refractivity contribution in [2.45, 2.75) is 32.2 Å². The van der Waals surface area contributed by atoms with Gasteiger partial charge in [-0.05, 0) is 12.8 Å². The van der Waals surface area contributed by atoms with E-state index in [1.807, 2.05) is 0 Å². The summed E-state index contributed by atoms with van der Waals surface area (Å²) in [7, 11) is -1.37. The molecule has 3 heterocycles. The van der Waals surface area contributed by atoms with E-state index in [1.165, 1.54) is 17.8 Å². The van der Waals surface area contributed by atoms with E-state index in [2.05, 4.69) is 36.4 Å². The first-order valence-electron chi connectivity index (χ1n) is 9.42. The molecule has 27 heavy (non-hydrogen) atoms. The highest BCUT2D eigenvalue weighted by Crippen LogP contribution is 2.21. The Morgan fingerprint density at radius 3 is 2.63 bits per heavy atom. The zero-order chi connectivity index (χ0) is 19.4. The number of aryl methyl sites for hydroxylation is 1. The molecule has 0 spiro atoms. The normalized spacial score (nSPS) is 22.5. The SMILES string of the molecule is CCc1nsc(N2CCN(C(=NC)NC[C@H]3CCCN3S(C)(=O)=O)CC2)n1. The second-order valence-corrected chi connectivity index (χ2v) is 9.58. The van der Waals surface area contributed by atoms with E-state index in [0.717, 1.165) is 62.4 Å². The first-order chi connectivity index (χ1) is 12.9. The van der Waals surface area contributed by atoms with Crippen LogP contribution >= 0.6 is 11.5 Å². The van der Waals surface area contributed by atoms with Crippen LogP contribution in [0.2, 0.25) is 0 Å². The van der Waals surface area contributed by atoms with Gasteiger partial charge in [-0.1, -0.05) is 6.92 Å². The van der Waals surface area contributed by atoms with E-state index < -0.39 is 10.0 Å². The second-order valence-electron chi connectivity index (χ2n) is 6.92. The number of aromatic nitrogens is 2. The molecule has 0 amide bonds. The molecular weight excluding hydrogens is 386 g/mol. The summed E-state index contributed by atoms with van der Waals surface area (Å²) in [5, 5.41) is 4.37. The summed E-state index contributed by atoms with van der Waals surface area (Å²) < 4.78 is 29.8. The van der Waals surface area contributed by atoms with Crippen molar-refractivity contribution in [1.82, 2.24) is 23.9 Å². The lowest BCUT2D eigenvalue weighted by Gasteiger charge is -2.36. The Balaban J connectivity index is 1.52. The molecule has 0 saturated carbocycles. The van der Waals surface area contributed by atoms with E-state index in [1.54, 1.807) is 11.4 Å². The summed E-state index contributed by atoms with van der Waals surface area (Å²) in [5.74, 6) is 1.74. The topological polar surface area (TPSA) is 94.0 Å². The fourth-order valence-corrected chi connectivity index (χ4v) is 5.60. The summed E-state index contributed by atoms with van der Waals surface area (Å²) in [4.78, 5) is 13.5. The standard InChI is InChI=1S/C16H29N7O2S2/c1-4-14-19-16(26-20-14)22-10-8-21(9-11-22)15(17-2)18-12-13-6-5-7-23(13)27(3,24)25/h13H,4-12H2,1-3H3,(H,17,18)/t13-/m1/s1. The number of hydrogen-bond donors (Lipinski definition) is 1. The van der Waals surface area contributed by atoms with Crippen molar-refractivity contribution in [3.63, 3.8) is 0 Å². The van der Waals surface area contributed by atoms with E-state index in [4.69, 9.17) is 0 Å².